The van der Waals surface area contributed by atoms with E-state index < -0.39 is 5.60 Å². The third-order valence-corrected chi connectivity index (χ3v) is 4.23. The second-order valence-corrected chi connectivity index (χ2v) is 5.35. The van der Waals surface area contributed by atoms with Crippen molar-refractivity contribution < 1.29 is 14.3 Å². The summed E-state index contributed by atoms with van der Waals surface area (Å²) in [7, 11) is 3.36. The Morgan fingerprint density at radius 2 is 2.47 bits per heavy atom. The van der Waals surface area contributed by atoms with Crippen LogP contribution in [-0.2, 0) is 9.47 Å². The van der Waals surface area contributed by atoms with Gasteiger partial charge in [0.15, 0.2) is 5.13 Å². The zero-order valence-corrected chi connectivity index (χ0v) is 11.8. The normalized spacial score (nSPS) is 22.4. The summed E-state index contributed by atoms with van der Waals surface area (Å²) >= 11 is 1.23. The number of nitrogens with zero attached hydrogens (tertiary/aromatic N) is 1. The Hall–Kier alpha value is -1.38. The molecule has 4 N–H and O–H groups in total. The molecule has 1 saturated heterocycles. The quantitative estimate of drug-likeness (QED) is 0.720. The Morgan fingerprint density at radius 1 is 1.68 bits per heavy atom. The van der Waals surface area contributed by atoms with Gasteiger partial charge in [0.05, 0.1) is 6.61 Å². The van der Waals surface area contributed by atoms with Crippen molar-refractivity contribution in [3.8, 4) is 0 Å². The van der Waals surface area contributed by atoms with Gasteiger partial charge in [0.25, 0.3) is 5.91 Å². The first-order valence-electron chi connectivity index (χ1n) is 5.95. The third kappa shape index (κ3) is 2.96. The number of ether oxygens (including phenoxy) is 2. The number of hydrogen-bond acceptors (Lipinski definition) is 7. The Kier molecular flexibility index (Phi) is 4.23. The third-order valence-electron chi connectivity index (χ3n) is 3.14. The molecule has 0 aromatic carbocycles. The largest absolute Gasteiger partial charge is 0.382 e. The summed E-state index contributed by atoms with van der Waals surface area (Å²) in [6.45, 7) is 1.54. The average Bonchev–Trinajstić information content (AvgIpc) is 3.03. The molecule has 1 aliphatic rings. The maximum Gasteiger partial charge on any atom is 0.265 e. The zero-order valence-electron chi connectivity index (χ0n) is 11.0. The van der Waals surface area contributed by atoms with Crippen LogP contribution in [0.25, 0.3) is 0 Å². The van der Waals surface area contributed by atoms with Gasteiger partial charge in [-0.2, -0.15) is 0 Å². The van der Waals surface area contributed by atoms with Crippen LogP contribution in [0.3, 0.4) is 0 Å². The molecule has 1 fully saturated rings. The standard InChI is InChI=1S/C11H18N4O3S/c1-13-10-15-8(12)7(19-10)9(16)14-5-11(17-2)3-4-18-6-11/h3-6,12H2,1-2H3,(H,13,15)(H,14,16). The van der Waals surface area contributed by atoms with Crippen molar-refractivity contribution in [1.29, 1.82) is 0 Å². The van der Waals surface area contributed by atoms with E-state index >= 15 is 0 Å². The number of methoxy groups -OCH3 is 1. The molecule has 7 nitrogen and oxygen atoms in total. The first-order valence-corrected chi connectivity index (χ1v) is 6.77. The van der Waals surface area contributed by atoms with E-state index in [2.05, 4.69) is 15.6 Å². The second-order valence-electron chi connectivity index (χ2n) is 4.36. The van der Waals surface area contributed by atoms with Crippen LogP contribution in [0.15, 0.2) is 0 Å². The van der Waals surface area contributed by atoms with Gasteiger partial charge in [-0.15, -0.1) is 0 Å². The fraction of sp³-hybridized carbons (Fsp3) is 0.636. The second kappa shape index (κ2) is 5.72. The molecule has 1 aliphatic heterocycles. The predicted octanol–water partition coefficient (Wildman–Crippen LogP) is 0.302. The first-order chi connectivity index (χ1) is 9.10. The highest BCUT2D eigenvalue weighted by Crippen LogP contribution is 2.25. The number of carbonyl (C=O) groups excluding carboxylic acids is 1. The minimum absolute atomic E-state index is 0.236. The molecule has 0 saturated carbocycles. The van der Waals surface area contributed by atoms with Crippen molar-refractivity contribution in [1.82, 2.24) is 10.3 Å². The van der Waals surface area contributed by atoms with Crippen molar-refractivity contribution in [3.05, 3.63) is 4.88 Å². The smallest absolute Gasteiger partial charge is 0.265 e. The van der Waals surface area contributed by atoms with E-state index in [1.54, 1.807) is 14.2 Å². The lowest BCUT2D eigenvalue weighted by molar-refractivity contribution is -0.0148. The van der Waals surface area contributed by atoms with Gasteiger partial charge in [0.2, 0.25) is 0 Å². The molecular formula is C11H18N4O3S. The number of nitrogen functional groups attached to an aromatic ring is 1. The Labute approximate surface area is 115 Å². The summed E-state index contributed by atoms with van der Waals surface area (Å²) in [6, 6.07) is 0. The van der Waals surface area contributed by atoms with Crippen molar-refractivity contribution in [3.63, 3.8) is 0 Å². The molecule has 19 heavy (non-hydrogen) atoms. The summed E-state index contributed by atoms with van der Waals surface area (Å²) in [5.41, 5.74) is 5.28. The highest BCUT2D eigenvalue weighted by molar-refractivity contribution is 7.18. The monoisotopic (exact) mass is 286 g/mol. The Morgan fingerprint density at radius 3 is 3.00 bits per heavy atom. The van der Waals surface area contributed by atoms with Gasteiger partial charge in [-0.05, 0) is 0 Å². The molecule has 1 unspecified atom stereocenters. The van der Waals surface area contributed by atoms with Crippen LogP contribution in [0.2, 0.25) is 0 Å². The highest BCUT2D eigenvalue weighted by Gasteiger charge is 2.35. The summed E-state index contributed by atoms with van der Waals surface area (Å²) < 4.78 is 10.8. The fourth-order valence-electron chi connectivity index (χ4n) is 1.88. The number of thiazole rings is 1. The maximum absolute atomic E-state index is 12.1. The summed E-state index contributed by atoms with van der Waals surface area (Å²) in [6.07, 6.45) is 0.768. The topological polar surface area (TPSA) is 98.5 Å². The number of carbonyl (C=O) groups is 1. The van der Waals surface area contributed by atoms with Crippen LogP contribution in [-0.4, -0.2) is 50.4 Å². The van der Waals surface area contributed by atoms with E-state index in [-0.39, 0.29) is 11.7 Å². The molecule has 1 aromatic rings. The lowest BCUT2D eigenvalue weighted by Gasteiger charge is -2.25. The highest BCUT2D eigenvalue weighted by atomic mass is 32.1. The molecule has 2 rings (SSSR count). The Balaban J connectivity index is 1.98. The van der Waals surface area contributed by atoms with Crippen molar-refractivity contribution >= 4 is 28.2 Å². The number of anilines is 2. The van der Waals surface area contributed by atoms with Gasteiger partial charge in [-0.1, -0.05) is 11.3 Å². The van der Waals surface area contributed by atoms with Gasteiger partial charge < -0.3 is 25.8 Å². The van der Waals surface area contributed by atoms with Crippen LogP contribution in [0.1, 0.15) is 16.1 Å². The number of amides is 1. The van der Waals surface area contributed by atoms with Crippen molar-refractivity contribution in [2.24, 2.45) is 0 Å². The van der Waals surface area contributed by atoms with Crippen molar-refractivity contribution in [2.45, 2.75) is 12.0 Å². The van der Waals surface area contributed by atoms with E-state index in [9.17, 15) is 4.79 Å². The molecule has 0 bridgehead atoms. The number of nitrogens with one attached hydrogen (secondary N) is 2. The Bertz CT molecular complexity index is 457. The van der Waals surface area contributed by atoms with Gasteiger partial charge in [-0.3, -0.25) is 4.79 Å². The molecule has 0 radical (unpaired) electrons. The zero-order chi connectivity index (χ0) is 13.9. The van der Waals surface area contributed by atoms with Crippen molar-refractivity contribution in [2.75, 3.05) is 45.0 Å². The number of rotatable bonds is 5. The van der Waals surface area contributed by atoms with Crippen LogP contribution in [0, 0.1) is 0 Å². The van der Waals surface area contributed by atoms with Crippen LogP contribution >= 0.6 is 11.3 Å². The fourth-order valence-corrected chi connectivity index (χ4v) is 2.64. The first kappa shape index (κ1) is 14.0. The minimum atomic E-state index is -0.430. The molecule has 1 amide bonds. The molecular weight excluding hydrogens is 268 g/mol. The lowest BCUT2D eigenvalue weighted by atomic mass is 10.0. The number of aromatic nitrogens is 1. The van der Waals surface area contributed by atoms with Gasteiger partial charge >= 0.3 is 0 Å². The number of hydrogen-bond donors (Lipinski definition) is 3. The van der Waals surface area contributed by atoms with E-state index in [0.717, 1.165) is 6.42 Å². The van der Waals surface area contributed by atoms with Crippen LogP contribution < -0.4 is 16.4 Å². The molecule has 1 aromatic heterocycles. The van der Waals surface area contributed by atoms with E-state index in [1.165, 1.54) is 11.3 Å². The van der Waals surface area contributed by atoms with Gasteiger partial charge in [0.1, 0.15) is 16.3 Å². The molecule has 8 heteroatoms. The summed E-state index contributed by atoms with van der Waals surface area (Å²) in [5.74, 6) is 0.000753. The molecule has 2 heterocycles. The van der Waals surface area contributed by atoms with E-state index in [1.807, 2.05) is 0 Å². The molecule has 0 aliphatic carbocycles. The van der Waals surface area contributed by atoms with E-state index in [0.29, 0.717) is 29.8 Å². The molecule has 1 atom stereocenters. The number of nitrogens with two attached hydrogens (primary N) is 1. The maximum atomic E-state index is 12.1. The van der Waals surface area contributed by atoms with Gasteiger partial charge in [0, 0.05) is 33.7 Å². The SMILES string of the molecule is CNc1nc(N)c(C(=O)NCC2(OC)CCOC2)s1. The molecule has 0 spiro atoms. The summed E-state index contributed by atoms with van der Waals surface area (Å²) in [5, 5.41) is 6.31. The van der Waals surface area contributed by atoms with Crippen LogP contribution in [0.4, 0.5) is 10.9 Å². The summed E-state index contributed by atoms with van der Waals surface area (Å²) in [4.78, 5) is 16.5. The average molecular weight is 286 g/mol. The van der Waals surface area contributed by atoms with Gasteiger partial charge in [-0.25, -0.2) is 4.98 Å². The predicted molar refractivity (Wildman–Crippen MR) is 73.6 cm³/mol. The lowest BCUT2D eigenvalue weighted by Crippen LogP contribution is -2.44. The van der Waals surface area contributed by atoms with Crippen LogP contribution in [0.5, 0.6) is 0 Å². The van der Waals surface area contributed by atoms with E-state index in [4.69, 9.17) is 15.2 Å². The minimum Gasteiger partial charge on any atom is -0.382 e. The molecule has 106 valence electrons.